The number of carboxylic acids is 1. The topological polar surface area (TPSA) is 74.2 Å². The minimum absolute atomic E-state index is 0.282. The molecular weight excluding hydrogens is 276 g/mol. The van der Waals surface area contributed by atoms with E-state index in [1.807, 2.05) is 0 Å². The molecule has 0 radical (unpaired) electrons. The highest BCUT2D eigenvalue weighted by Gasteiger charge is 1.96. The molecule has 0 aliphatic heterocycles. The standard InChI is InChI=1S/C15H30O6/c1-2-3-4-5-6-7-18-8-9-19-10-11-20-12-13-21-14-15(16)17/h2-14H2,1H3,(H,16,17). The van der Waals surface area contributed by atoms with E-state index >= 15 is 0 Å². The van der Waals surface area contributed by atoms with Crippen molar-refractivity contribution in [2.24, 2.45) is 0 Å². The average Bonchev–Trinajstić information content (AvgIpc) is 2.46. The molecule has 6 nitrogen and oxygen atoms in total. The van der Waals surface area contributed by atoms with Crippen LogP contribution in [0.1, 0.15) is 39.0 Å². The van der Waals surface area contributed by atoms with Gasteiger partial charge in [0.2, 0.25) is 0 Å². The highest BCUT2D eigenvalue weighted by Crippen LogP contribution is 2.02. The van der Waals surface area contributed by atoms with Crippen molar-refractivity contribution in [3.63, 3.8) is 0 Å². The summed E-state index contributed by atoms with van der Waals surface area (Å²) in [4.78, 5) is 10.1. The number of unbranched alkanes of at least 4 members (excludes halogenated alkanes) is 4. The van der Waals surface area contributed by atoms with Crippen LogP contribution in [-0.4, -0.2) is 63.9 Å². The van der Waals surface area contributed by atoms with Crippen LogP contribution < -0.4 is 0 Å². The van der Waals surface area contributed by atoms with Crippen LogP contribution in [0.2, 0.25) is 0 Å². The van der Waals surface area contributed by atoms with Crippen molar-refractivity contribution in [3.05, 3.63) is 0 Å². The molecule has 0 unspecified atom stereocenters. The van der Waals surface area contributed by atoms with Crippen molar-refractivity contribution >= 4 is 5.97 Å². The fourth-order valence-electron chi connectivity index (χ4n) is 1.63. The lowest BCUT2D eigenvalue weighted by Gasteiger charge is -2.07. The van der Waals surface area contributed by atoms with Crippen molar-refractivity contribution in [1.82, 2.24) is 0 Å². The second kappa shape index (κ2) is 17.4. The molecule has 0 atom stereocenters. The Kier molecular flexibility index (Phi) is 16.8. The van der Waals surface area contributed by atoms with Crippen molar-refractivity contribution in [2.45, 2.75) is 39.0 Å². The first-order chi connectivity index (χ1) is 10.3. The first kappa shape index (κ1) is 20.3. The SMILES string of the molecule is CCCCCCCOCCOCCOCCOCC(=O)O. The molecule has 0 aliphatic carbocycles. The highest BCUT2D eigenvalue weighted by molar-refractivity contribution is 5.67. The van der Waals surface area contributed by atoms with Gasteiger partial charge in [-0.05, 0) is 6.42 Å². The van der Waals surface area contributed by atoms with Gasteiger partial charge in [-0.2, -0.15) is 0 Å². The van der Waals surface area contributed by atoms with Crippen LogP contribution in [0.15, 0.2) is 0 Å². The fourth-order valence-corrected chi connectivity index (χ4v) is 1.63. The average molecular weight is 306 g/mol. The second-order valence-corrected chi connectivity index (χ2v) is 4.70. The van der Waals surface area contributed by atoms with E-state index in [1.54, 1.807) is 0 Å². The molecule has 0 bridgehead atoms. The molecule has 21 heavy (non-hydrogen) atoms. The predicted molar refractivity (Wildman–Crippen MR) is 79.7 cm³/mol. The normalized spacial score (nSPS) is 10.9. The summed E-state index contributed by atoms with van der Waals surface area (Å²) in [6.45, 7) is 5.59. The van der Waals surface area contributed by atoms with Crippen LogP contribution in [0.25, 0.3) is 0 Å². The maximum absolute atomic E-state index is 10.1. The van der Waals surface area contributed by atoms with Crippen LogP contribution in [0, 0.1) is 0 Å². The van der Waals surface area contributed by atoms with Gasteiger partial charge in [-0.25, -0.2) is 4.79 Å². The summed E-state index contributed by atoms with van der Waals surface area (Å²) in [6, 6.07) is 0. The molecular formula is C15H30O6. The molecule has 0 rings (SSSR count). The van der Waals surface area contributed by atoms with Crippen molar-refractivity contribution in [1.29, 1.82) is 0 Å². The first-order valence-corrected chi connectivity index (χ1v) is 7.80. The minimum atomic E-state index is -0.969. The van der Waals surface area contributed by atoms with E-state index in [9.17, 15) is 4.79 Å². The van der Waals surface area contributed by atoms with Crippen molar-refractivity contribution in [3.8, 4) is 0 Å². The third kappa shape index (κ3) is 19.3. The van der Waals surface area contributed by atoms with E-state index in [2.05, 4.69) is 6.92 Å². The van der Waals surface area contributed by atoms with Crippen LogP contribution in [0.3, 0.4) is 0 Å². The molecule has 0 aromatic carbocycles. The zero-order valence-corrected chi connectivity index (χ0v) is 13.2. The molecule has 0 aromatic rings. The van der Waals surface area contributed by atoms with Crippen LogP contribution in [-0.2, 0) is 23.7 Å². The van der Waals surface area contributed by atoms with Gasteiger partial charge >= 0.3 is 5.97 Å². The number of aliphatic carboxylic acids is 1. The summed E-state index contributed by atoms with van der Waals surface area (Å²) in [6.07, 6.45) is 6.24. The fraction of sp³-hybridized carbons (Fsp3) is 0.933. The van der Waals surface area contributed by atoms with E-state index in [4.69, 9.17) is 24.1 Å². The Hall–Kier alpha value is -0.690. The van der Waals surface area contributed by atoms with Gasteiger partial charge in [-0.15, -0.1) is 0 Å². The minimum Gasteiger partial charge on any atom is -0.480 e. The number of hydrogen-bond acceptors (Lipinski definition) is 5. The van der Waals surface area contributed by atoms with E-state index in [0.717, 1.165) is 13.0 Å². The maximum atomic E-state index is 10.1. The number of hydrogen-bond donors (Lipinski definition) is 1. The third-order valence-electron chi connectivity index (χ3n) is 2.73. The molecule has 0 spiro atoms. The molecule has 6 heteroatoms. The molecule has 0 fully saturated rings. The Labute approximate surface area is 127 Å². The maximum Gasteiger partial charge on any atom is 0.329 e. The van der Waals surface area contributed by atoms with Crippen molar-refractivity contribution in [2.75, 3.05) is 52.9 Å². The summed E-state index contributed by atoms with van der Waals surface area (Å²) >= 11 is 0. The van der Waals surface area contributed by atoms with Crippen LogP contribution in [0.5, 0.6) is 0 Å². The molecule has 0 aromatic heterocycles. The Balaban J connectivity index is 2.95. The van der Waals surface area contributed by atoms with Gasteiger partial charge in [0.05, 0.1) is 39.6 Å². The molecule has 0 aliphatic rings. The zero-order valence-electron chi connectivity index (χ0n) is 13.2. The van der Waals surface area contributed by atoms with E-state index in [0.29, 0.717) is 33.0 Å². The van der Waals surface area contributed by atoms with Gasteiger partial charge in [0.1, 0.15) is 6.61 Å². The quantitative estimate of drug-likeness (QED) is 0.415. The van der Waals surface area contributed by atoms with E-state index < -0.39 is 5.97 Å². The van der Waals surface area contributed by atoms with Gasteiger partial charge < -0.3 is 24.1 Å². The molecule has 0 saturated heterocycles. The highest BCUT2D eigenvalue weighted by atomic mass is 16.6. The molecule has 0 amide bonds. The van der Waals surface area contributed by atoms with Gasteiger partial charge in [-0.3, -0.25) is 0 Å². The molecule has 0 saturated carbocycles. The Bertz CT molecular complexity index is 222. The Morgan fingerprint density at radius 2 is 1.19 bits per heavy atom. The predicted octanol–water partition coefficient (Wildman–Crippen LogP) is 2.11. The third-order valence-corrected chi connectivity index (χ3v) is 2.73. The smallest absolute Gasteiger partial charge is 0.329 e. The van der Waals surface area contributed by atoms with Crippen LogP contribution in [0.4, 0.5) is 0 Å². The van der Waals surface area contributed by atoms with Gasteiger partial charge in [0, 0.05) is 6.61 Å². The van der Waals surface area contributed by atoms with E-state index in [1.165, 1.54) is 25.7 Å². The summed E-state index contributed by atoms with van der Waals surface area (Å²) < 4.78 is 20.8. The summed E-state index contributed by atoms with van der Waals surface area (Å²) in [5, 5.41) is 8.33. The number of rotatable bonds is 17. The van der Waals surface area contributed by atoms with Crippen LogP contribution >= 0.6 is 0 Å². The largest absolute Gasteiger partial charge is 0.480 e. The lowest BCUT2D eigenvalue weighted by atomic mass is 10.2. The number of carbonyl (C=O) groups is 1. The lowest BCUT2D eigenvalue weighted by Crippen LogP contribution is -2.14. The summed E-state index contributed by atoms with van der Waals surface area (Å²) in [5.74, 6) is -0.969. The van der Waals surface area contributed by atoms with E-state index in [-0.39, 0.29) is 13.2 Å². The second-order valence-electron chi connectivity index (χ2n) is 4.70. The summed E-state index contributed by atoms with van der Waals surface area (Å²) in [5.41, 5.74) is 0. The monoisotopic (exact) mass is 306 g/mol. The Morgan fingerprint density at radius 1 is 0.714 bits per heavy atom. The number of ether oxygens (including phenoxy) is 4. The molecule has 1 N–H and O–H groups in total. The summed E-state index contributed by atoms with van der Waals surface area (Å²) in [7, 11) is 0. The first-order valence-electron chi connectivity index (χ1n) is 7.80. The molecule has 0 heterocycles. The zero-order chi connectivity index (χ0) is 15.6. The lowest BCUT2D eigenvalue weighted by molar-refractivity contribution is -0.142. The Morgan fingerprint density at radius 3 is 1.71 bits per heavy atom. The van der Waals surface area contributed by atoms with Crippen molar-refractivity contribution < 1.29 is 28.8 Å². The molecule has 126 valence electrons. The van der Waals surface area contributed by atoms with Gasteiger partial charge in [-0.1, -0.05) is 32.6 Å². The van der Waals surface area contributed by atoms with Gasteiger partial charge in [0.15, 0.2) is 0 Å². The van der Waals surface area contributed by atoms with Gasteiger partial charge in [0.25, 0.3) is 0 Å². The number of carboxylic acid groups (broad SMARTS) is 1.